The van der Waals surface area contributed by atoms with Gasteiger partial charge in [0.1, 0.15) is 12.7 Å². The highest BCUT2D eigenvalue weighted by atomic mass is 16.7. The second-order valence-corrected chi connectivity index (χ2v) is 14.1. The quantitative estimate of drug-likeness (QED) is 0.0647. The van der Waals surface area contributed by atoms with Crippen LogP contribution in [0.2, 0.25) is 0 Å². The average molecular weight is 623 g/mol. The zero-order valence-electron chi connectivity index (χ0n) is 29.3. The van der Waals surface area contributed by atoms with Gasteiger partial charge in [-0.15, -0.1) is 0 Å². The number of hydrogen-bond donors (Lipinski definition) is 2. The van der Waals surface area contributed by atoms with Crippen LogP contribution in [-0.2, 0) is 28.6 Å². The fourth-order valence-corrected chi connectivity index (χ4v) is 5.36. The number of amides is 2. The second kappa shape index (κ2) is 22.6. The van der Waals surface area contributed by atoms with Crippen LogP contribution in [0.5, 0.6) is 0 Å². The van der Waals surface area contributed by atoms with Crippen molar-refractivity contribution in [1.29, 1.82) is 0 Å². The van der Waals surface area contributed by atoms with Crippen molar-refractivity contribution in [3.05, 3.63) is 12.2 Å². The maximum absolute atomic E-state index is 12.7. The third kappa shape index (κ3) is 19.5. The first-order valence-corrected chi connectivity index (χ1v) is 17.6. The van der Waals surface area contributed by atoms with E-state index in [1.807, 2.05) is 13.8 Å². The van der Waals surface area contributed by atoms with Crippen LogP contribution in [-0.4, -0.2) is 55.5 Å². The standard InChI is InChI=1S/C36H66N2O6/c1-8-9-10-11-12-13-14-15-16-17-18-19-20-21-22-23-31(39)38-30(26-29(2)3)27-42-32(40)24-25-37-34(41)33-35(4,5)28-43-36(6,7)44-33/h15-16,29-30,33H,8-14,17-28H2,1-7H3,(H,37,41)(H,38,39). The van der Waals surface area contributed by atoms with Crippen molar-refractivity contribution < 1.29 is 28.6 Å². The molecule has 0 bridgehead atoms. The van der Waals surface area contributed by atoms with Crippen molar-refractivity contribution >= 4 is 17.8 Å². The molecule has 0 aliphatic carbocycles. The van der Waals surface area contributed by atoms with E-state index < -0.39 is 23.3 Å². The molecule has 0 radical (unpaired) electrons. The Morgan fingerprint density at radius 3 is 2.07 bits per heavy atom. The number of nitrogens with one attached hydrogen (secondary N) is 2. The Labute approximate surface area is 269 Å². The summed E-state index contributed by atoms with van der Waals surface area (Å²) in [6.45, 7) is 14.5. The lowest BCUT2D eigenvalue weighted by molar-refractivity contribution is -0.304. The Bertz CT molecular complexity index is 838. The van der Waals surface area contributed by atoms with Gasteiger partial charge >= 0.3 is 5.97 Å². The number of esters is 1. The molecule has 1 aliphatic rings. The van der Waals surface area contributed by atoms with Crippen molar-refractivity contribution in [2.45, 2.75) is 169 Å². The van der Waals surface area contributed by atoms with Crippen molar-refractivity contribution in [2.75, 3.05) is 19.8 Å². The summed E-state index contributed by atoms with van der Waals surface area (Å²) in [5, 5.41) is 5.86. The van der Waals surface area contributed by atoms with Gasteiger partial charge < -0.3 is 24.8 Å². The third-order valence-electron chi connectivity index (χ3n) is 8.00. The number of allylic oxidation sites excluding steroid dienone is 2. The lowest BCUT2D eigenvalue weighted by Gasteiger charge is -2.44. The molecule has 2 unspecified atom stereocenters. The minimum Gasteiger partial charge on any atom is -0.463 e. The van der Waals surface area contributed by atoms with Crippen LogP contribution in [0.15, 0.2) is 12.2 Å². The summed E-state index contributed by atoms with van der Waals surface area (Å²) in [6.07, 6.45) is 21.2. The number of unbranched alkanes of at least 4 members (excludes halogenated alkanes) is 11. The zero-order valence-corrected chi connectivity index (χ0v) is 29.3. The lowest BCUT2D eigenvalue weighted by atomic mass is 9.85. The molecule has 2 amide bonds. The average Bonchev–Trinajstić information content (AvgIpc) is 2.95. The van der Waals surface area contributed by atoms with Crippen molar-refractivity contribution in [1.82, 2.24) is 10.6 Å². The zero-order chi connectivity index (χ0) is 32.8. The van der Waals surface area contributed by atoms with Crippen LogP contribution in [0.4, 0.5) is 0 Å². The van der Waals surface area contributed by atoms with Gasteiger partial charge in [0.15, 0.2) is 5.79 Å². The first-order chi connectivity index (χ1) is 20.9. The van der Waals surface area contributed by atoms with E-state index in [2.05, 4.69) is 43.6 Å². The van der Waals surface area contributed by atoms with Gasteiger partial charge in [-0.25, -0.2) is 0 Å². The Kier molecular flexibility index (Phi) is 20.6. The number of hydrogen-bond acceptors (Lipinski definition) is 6. The summed E-state index contributed by atoms with van der Waals surface area (Å²) in [4.78, 5) is 37.7. The van der Waals surface area contributed by atoms with Crippen LogP contribution in [0.25, 0.3) is 0 Å². The van der Waals surface area contributed by atoms with Gasteiger partial charge in [0.2, 0.25) is 11.8 Å². The Balaban J connectivity index is 2.20. The molecule has 2 N–H and O–H groups in total. The van der Waals surface area contributed by atoms with Gasteiger partial charge in [-0.05, 0) is 58.3 Å². The molecule has 0 aromatic rings. The molecule has 44 heavy (non-hydrogen) atoms. The van der Waals surface area contributed by atoms with Crippen molar-refractivity contribution in [3.8, 4) is 0 Å². The monoisotopic (exact) mass is 622 g/mol. The molecule has 256 valence electrons. The van der Waals surface area contributed by atoms with Crippen LogP contribution in [0.1, 0.15) is 151 Å². The van der Waals surface area contributed by atoms with Crippen molar-refractivity contribution in [3.63, 3.8) is 0 Å². The van der Waals surface area contributed by atoms with E-state index in [-0.39, 0.29) is 37.4 Å². The maximum atomic E-state index is 12.7. The molecule has 1 heterocycles. The van der Waals surface area contributed by atoms with E-state index in [9.17, 15) is 14.4 Å². The van der Waals surface area contributed by atoms with Crippen molar-refractivity contribution in [2.24, 2.45) is 11.3 Å². The number of rotatable bonds is 24. The predicted molar refractivity (Wildman–Crippen MR) is 178 cm³/mol. The molecule has 1 aliphatic heterocycles. The van der Waals surface area contributed by atoms with Gasteiger partial charge in [-0.3, -0.25) is 14.4 Å². The maximum Gasteiger partial charge on any atom is 0.307 e. The minimum absolute atomic E-state index is 0.0126. The molecule has 0 aromatic carbocycles. The fraction of sp³-hybridized carbons (Fsp3) is 0.861. The minimum atomic E-state index is -0.837. The molecular weight excluding hydrogens is 556 g/mol. The molecule has 8 nitrogen and oxygen atoms in total. The first-order valence-electron chi connectivity index (χ1n) is 17.6. The highest BCUT2D eigenvalue weighted by Gasteiger charge is 2.45. The van der Waals surface area contributed by atoms with Crippen LogP contribution in [0, 0.1) is 11.3 Å². The molecule has 8 heteroatoms. The molecule has 0 aromatic heterocycles. The summed E-state index contributed by atoms with van der Waals surface area (Å²) in [5.74, 6) is -1.14. The number of carbonyl (C=O) groups excluding carboxylic acids is 3. The Hall–Kier alpha value is -1.93. The molecular formula is C36H66N2O6. The molecule has 1 fully saturated rings. The number of ether oxygens (including phenoxy) is 3. The molecule has 0 saturated carbocycles. The van der Waals surface area contributed by atoms with Gasteiger partial charge in [-0.1, -0.05) is 98.1 Å². The van der Waals surface area contributed by atoms with E-state index in [0.29, 0.717) is 18.9 Å². The van der Waals surface area contributed by atoms with Crippen LogP contribution >= 0.6 is 0 Å². The van der Waals surface area contributed by atoms with Gasteiger partial charge in [0.05, 0.1) is 19.1 Å². The van der Waals surface area contributed by atoms with E-state index in [1.165, 1.54) is 57.8 Å². The summed E-state index contributed by atoms with van der Waals surface area (Å²) < 4.78 is 17.0. The highest BCUT2D eigenvalue weighted by molar-refractivity contribution is 5.82. The Morgan fingerprint density at radius 1 is 0.864 bits per heavy atom. The first kappa shape index (κ1) is 40.1. The van der Waals surface area contributed by atoms with Gasteiger partial charge in [0.25, 0.3) is 0 Å². The third-order valence-corrected chi connectivity index (χ3v) is 8.00. The summed E-state index contributed by atoms with van der Waals surface area (Å²) in [6, 6.07) is -0.220. The molecule has 2 atom stereocenters. The van der Waals surface area contributed by atoms with Gasteiger partial charge in [-0.2, -0.15) is 0 Å². The van der Waals surface area contributed by atoms with Crippen LogP contribution in [0.3, 0.4) is 0 Å². The van der Waals surface area contributed by atoms with E-state index in [0.717, 1.165) is 32.1 Å². The summed E-state index contributed by atoms with van der Waals surface area (Å²) in [5.41, 5.74) is -0.480. The normalized spacial score (nSPS) is 18.3. The summed E-state index contributed by atoms with van der Waals surface area (Å²) >= 11 is 0. The van der Waals surface area contributed by atoms with E-state index in [1.54, 1.807) is 13.8 Å². The van der Waals surface area contributed by atoms with Crippen LogP contribution < -0.4 is 10.6 Å². The van der Waals surface area contributed by atoms with E-state index >= 15 is 0 Å². The Morgan fingerprint density at radius 2 is 1.45 bits per heavy atom. The SMILES string of the molecule is CCCCCCCCC=CCCCCCCCC(=O)NC(COC(=O)CCNC(=O)C1OC(C)(C)OCC1(C)C)CC(C)C. The lowest BCUT2D eigenvalue weighted by Crippen LogP contribution is -2.56. The fourth-order valence-electron chi connectivity index (χ4n) is 5.36. The summed E-state index contributed by atoms with van der Waals surface area (Å²) in [7, 11) is 0. The molecule has 1 rings (SSSR count). The van der Waals surface area contributed by atoms with E-state index in [4.69, 9.17) is 14.2 Å². The molecule has 1 saturated heterocycles. The highest BCUT2D eigenvalue weighted by Crippen LogP contribution is 2.34. The second-order valence-electron chi connectivity index (χ2n) is 14.1. The topological polar surface area (TPSA) is 103 Å². The smallest absolute Gasteiger partial charge is 0.307 e. The number of carbonyl (C=O) groups is 3. The van der Waals surface area contributed by atoms with Gasteiger partial charge in [0, 0.05) is 18.4 Å². The predicted octanol–water partition coefficient (Wildman–Crippen LogP) is 7.78. The molecule has 0 spiro atoms. The largest absolute Gasteiger partial charge is 0.463 e.